The average Bonchev–Trinajstić information content (AvgIpc) is 2.79. The normalized spacial score (nSPS) is 20.9. The second-order valence-electron chi connectivity index (χ2n) is 4.54. The first-order valence-electron chi connectivity index (χ1n) is 6.01. The lowest BCUT2D eigenvalue weighted by atomic mass is 10.1. The van der Waals surface area contributed by atoms with Crippen molar-refractivity contribution in [2.24, 2.45) is 0 Å². The second-order valence-corrected chi connectivity index (χ2v) is 5.33. The minimum absolute atomic E-state index is 0.107. The van der Waals surface area contributed by atoms with E-state index in [9.17, 15) is 0 Å². The number of fused-ring (bicyclic) bond motifs is 1. The lowest BCUT2D eigenvalue weighted by Gasteiger charge is -2.23. The van der Waals surface area contributed by atoms with Gasteiger partial charge < -0.3 is 4.74 Å². The summed E-state index contributed by atoms with van der Waals surface area (Å²) in [6.45, 7) is 2.94. The molecule has 17 heavy (non-hydrogen) atoms. The second kappa shape index (κ2) is 4.42. The first-order valence-corrected chi connectivity index (χ1v) is 6.80. The van der Waals surface area contributed by atoms with Crippen LogP contribution in [0, 0.1) is 6.92 Å². The van der Waals surface area contributed by atoms with Crippen molar-refractivity contribution in [2.75, 3.05) is 6.61 Å². The predicted molar refractivity (Wildman–Crippen MR) is 71.0 cm³/mol. The van der Waals surface area contributed by atoms with Crippen molar-refractivity contribution in [3.05, 3.63) is 28.4 Å². The molecule has 1 aliphatic rings. The quantitative estimate of drug-likeness (QED) is 0.800. The van der Waals surface area contributed by atoms with E-state index in [0.29, 0.717) is 0 Å². The van der Waals surface area contributed by atoms with Crippen LogP contribution in [0.2, 0.25) is 0 Å². The Morgan fingerprint density at radius 1 is 1.41 bits per heavy atom. The molecule has 90 valence electrons. The third-order valence-electron chi connectivity index (χ3n) is 3.34. The maximum Gasteiger partial charge on any atom is 0.150 e. The van der Waals surface area contributed by atoms with Gasteiger partial charge in [-0.3, -0.25) is 0 Å². The Balaban J connectivity index is 2.08. The van der Waals surface area contributed by atoms with E-state index >= 15 is 0 Å². The third kappa shape index (κ3) is 1.89. The summed E-state index contributed by atoms with van der Waals surface area (Å²) in [6, 6.07) is 4.24. The molecule has 3 nitrogen and oxygen atoms in total. The van der Waals surface area contributed by atoms with Gasteiger partial charge in [0.15, 0.2) is 6.23 Å². The van der Waals surface area contributed by atoms with Crippen LogP contribution in [0.1, 0.15) is 31.1 Å². The van der Waals surface area contributed by atoms with Crippen molar-refractivity contribution < 1.29 is 4.74 Å². The van der Waals surface area contributed by atoms with Crippen LogP contribution in [-0.4, -0.2) is 16.4 Å². The lowest BCUT2D eigenvalue weighted by molar-refractivity contribution is -0.0366. The summed E-state index contributed by atoms with van der Waals surface area (Å²) in [7, 11) is 0. The van der Waals surface area contributed by atoms with Crippen LogP contribution in [0.25, 0.3) is 10.9 Å². The van der Waals surface area contributed by atoms with Crippen LogP contribution in [0.5, 0.6) is 0 Å². The van der Waals surface area contributed by atoms with Gasteiger partial charge in [-0.1, -0.05) is 6.07 Å². The molecule has 1 aromatic carbocycles. The molecular weight excluding hydrogens is 280 g/mol. The number of halogens is 1. The molecule has 1 fully saturated rings. The van der Waals surface area contributed by atoms with Gasteiger partial charge in [0.05, 0.1) is 11.7 Å². The third-order valence-corrected chi connectivity index (χ3v) is 4.39. The van der Waals surface area contributed by atoms with Crippen LogP contribution in [0.4, 0.5) is 0 Å². The summed E-state index contributed by atoms with van der Waals surface area (Å²) in [4.78, 5) is 0. The van der Waals surface area contributed by atoms with Gasteiger partial charge in [-0.2, -0.15) is 5.10 Å². The maximum absolute atomic E-state index is 5.79. The molecular formula is C13H15BrN2O. The number of aromatic nitrogens is 2. The van der Waals surface area contributed by atoms with E-state index in [0.717, 1.165) is 23.0 Å². The summed E-state index contributed by atoms with van der Waals surface area (Å²) in [5.41, 5.74) is 2.39. The smallest absolute Gasteiger partial charge is 0.150 e. The van der Waals surface area contributed by atoms with E-state index in [1.54, 1.807) is 0 Å². The zero-order chi connectivity index (χ0) is 11.8. The molecule has 1 aliphatic heterocycles. The van der Waals surface area contributed by atoms with Gasteiger partial charge in [0.1, 0.15) is 0 Å². The average molecular weight is 295 g/mol. The molecule has 0 bridgehead atoms. The van der Waals surface area contributed by atoms with Crippen molar-refractivity contribution in [3.8, 4) is 0 Å². The van der Waals surface area contributed by atoms with Gasteiger partial charge in [0.25, 0.3) is 0 Å². The van der Waals surface area contributed by atoms with Crippen molar-refractivity contribution in [1.29, 1.82) is 0 Å². The molecule has 0 amide bonds. The summed E-state index contributed by atoms with van der Waals surface area (Å²) in [5.74, 6) is 0. The monoisotopic (exact) mass is 294 g/mol. The van der Waals surface area contributed by atoms with Gasteiger partial charge in [0, 0.05) is 16.5 Å². The lowest BCUT2D eigenvalue weighted by Crippen LogP contribution is -2.18. The minimum atomic E-state index is 0.107. The molecule has 1 aromatic heterocycles. The van der Waals surface area contributed by atoms with Crippen molar-refractivity contribution in [2.45, 2.75) is 32.4 Å². The Bertz CT molecular complexity index is 544. The first kappa shape index (κ1) is 11.2. The van der Waals surface area contributed by atoms with Crippen molar-refractivity contribution in [1.82, 2.24) is 9.78 Å². The Kier molecular flexibility index (Phi) is 2.92. The van der Waals surface area contributed by atoms with E-state index in [4.69, 9.17) is 4.74 Å². The standard InChI is InChI=1S/C13H15BrN2O/c1-9-5-6-11-10(13(9)14)8-15-16(11)12-4-2-3-7-17-12/h5-6,8,12H,2-4,7H2,1H3/t12-/m0/s1. The molecule has 3 rings (SSSR count). The van der Waals surface area contributed by atoms with E-state index < -0.39 is 0 Å². The predicted octanol–water partition coefficient (Wildman–Crippen LogP) is 3.81. The van der Waals surface area contributed by atoms with Crippen molar-refractivity contribution >= 4 is 26.8 Å². The number of hydrogen-bond acceptors (Lipinski definition) is 2. The first-order chi connectivity index (χ1) is 8.27. The summed E-state index contributed by atoms with van der Waals surface area (Å²) in [6.07, 6.45) is 5.47. The number of rotatable bonds is 1. The maximum atomic E-state index is 5.79. The molecule has 0 N–H and O–H groups in total. The molecule has 2 heterocycles. The largest absolute Gasteiger partial charge is 0.356 e. The topological polar surface area (TPSA) is 27.1 Å². The van der Waals surface area contributed by atoms with Crippen LogP contribution in [0.3, 0.4) is 0 Å². The molecule has 0 spiro atoms. The molecule has 4 heteroatoms. The number of benzene rings is 1. The molecule has 0 aliphatic carbocycles. The van der Waals surface area contributed by atoms with Crippen LogP contribution < -0.4 is 0 Å². The van der Waals surface area contributed by atoms with E-state index in [-0.39, 0.29) is 6.23 Å². The highest BCUT2D eigenvalue weighted by molar-refractivity contribution is 9.10. The SMILES string of the molecule is Cc1ccc2c(cnn2[C@@H]2CCCCO2)c1Br. The number of nitrogens with zero attached hydrogens (tertiary/aromatic N) is 2. The Labute approximate surface area is 109 Å². The van der Waals surface area contributed by atoms with Gasteiger partial charge in [0.2, 0.25) is 0 Å². The zero-order valence-electron chi connectivity index (χ0n) is 9.82. The van der Waals surface area contributed by atoms with Crippen molar-refractivity contribution in [3.63, 3.8) is 0 Å². The fourth-order valence-electron chi connectivity index (χ4n) is 2.34. The molecule has 2 aromatic rings. The van der Waals surface area contributed by atoms with E-state index in [1.807, 2.05) is 10.9 Å². The minimum Gasteiger partial charge on any atom is -0.356 e. The van der Waals surface area contributed by atoms with Gasteiger partial charge in [-0.25, -0.2) is 4.68 Å². The summed E-state index contributed by atoms with van der Waals surface area (Å²) in [5, 5.41) is 5.65. The van der Waals surface area contributed by atoms with E-state index in [2.05, 4.69) is 40.1 Å². The molecule has 0 radical (unpaired) electrons. The zero-order valence-corrected chi connectivity index (χ0v) is 11.4. The Morgan fingerprint density at radius 3 is 3.06 bits per heavy atom. The van der Waals surface area contributed by atoms with Gasteiger partial charge in [-0.15, -0.1) is 0 Å². The summed E-state index contributed by atoms with van der Waals surface area (Å²) >= 11 is 3.62. The van der Waals surface area contributed by atoms with E-state index in [1.165, 1.54) is 23.8 Å². The molecule has 0 unspecified atom stereocenters. The number of aryl methyl sites for hydroxylation is 1. The Morgan fingerprint density at radius 2 is 2.29 bits per heavy atom. The molecule has 1 saturated heterocycles. The highest BCUT2D eigenvalue weighted by Gasteiger charge is 2.19. The van der Waals surface area contributed by atoms with Gasteiger partial charge in [-0.05, 0) is 53.7 Å². The fourth-order valence-corrected chi connectivity index (χ4v) is 2.78. The highest BCUT2D eigenvalue weighted by Crippen LogP contribution is 2.31. The fraction of sp³-hybridized carbons (Fsp3) is 0.462. The van der Waals surface area contributed by atoms with Crippen LogP contribution >= 0.6 is 15.9 Å². The Hall–Kier alpha value is -0.870. The summed E-state index contributed by atoms with van der Waals surface area (Å²) < 4.78 is 8.93. The van der Waals surface area contributed by atoms with Crippen LogP contribution in [0.15, 0.2) is 22.8 Å². The number of ether oxygens (including phenoxy) is 1. The van der Waals surface area contributed by atoms with Gasteiger partial charge >= 0.3 is 0 Å². The number of hydrogen-bond donors (Lipinski definition) is 0. The van der Waals surface area contributed by atoms with Crippen LogP contribution in [-0.2, 0) is 4.74 Å². The molecule has 0 saturated carbocycles. The molecule has 1 atom stereocenters. The highest BCUT2D eigenvalue weighted by atomic mass is 79.9.